The lowest BCUT2D eigenvalue weighted by Crippen LogP contribution is -2.45. The molecule has 0 aliphatic rings. The number of amides is 1. The first kappa shape index (κ1) is 35.8. The van der Waals surface area contributed by atoms with Gasteiger partial charge < -0.3 is 20.6 Å². The van der Waals surface area contributed by atoms with E-state index in [9.17, 15) is 20.1 Å². The molecule has 218 valence electrons. The molecule has 0 radical (unpaired) electrons. The molecule has 5 heteroatoms. The quantitative estimate of drug-likeness (QED) is 0.0661. The zero-order chi connectivity index (χ0) is 27.4. The number of rotatable bonds is 27. The first-order valence-corrected chi connectivity index (χ1v) is 15.6. The Labute approximate surface area is 229 Å². The molecule has 0 aromatic carbocycles. The van der Waals surface area contributed by atoms with Crippen molar-refractivity contribution in [3.8, 4) is 0 Å². The smallest absolute Gasteiger partial charge is 0.222 e. The first-order chi connectivity index (χ1) is 18.0. The third-order valence-electron chi connectivity index (χ3n) is 6.98. The van der Waals surface area contributed by atoms with Gasteiger partial charge in [0.05, 0.1) is 31.3 Å². The van der Waals surface area contributed by atoms with Crippen molar-refractivity contribution in [3.63, 3.8) is 0 Å². The number of carbonyl (C=O) groups excluding carboxylic acids is 1. The summed E-state index contributed by atoms with van der Waals surface area (Å²) in [6, 6.07) is -0.743. The summed E-state index contributed by atoms with van der Waals surface area (Å²) in [7, 11) is 0. The molecule has 1 amide bonds. The summed E-state index contributed by atoms with van der Waals surface area (Å²) in [6.07, 6.45) is 30.1. The largest absolute Gasteiger partial charge is 0.394 e. The van der Waals surface area contributed by atoms with Crippen LogP contribution in [0.3, 0.4) is 0 Å². The van der Waals surface area contributed by atoms with Crippen molar-refractivity contribution >= 4 is 5.91 Å². The normalized spacial score (nSPS) is 14.4. The van der Waals surface area contributed by atoms with Gasteiger partial charge in [0.2, 0.25) is 5.91 Å². The second-order valence-corrected chi connectivity index (χ2v) is 10.7. The summed E-state index contributed by atoms with van der Waals surface area (Å²) in [5, 5.41) is 32.8. The number of hydrogen-bond donors (Lipinski definition) is 4. The number of allylic oxidation sites excluding steroid dienone is 3. The van der Waals surface area contributed by atoms with Gasteiger partial charge in [0.25, 0.3) is 0 Å². The first-order valence-electron chi connectivity index (χ1n) is 15.6. The van der Waals surface area contributed by atoms with Crippen LogP contribution < -0.4 is 5.32 Å². The number of unbranched alkanes of at least 4 members (excludes halogenated alkanes) is 16. The highest BCUT2D eigenvalue weighted by Gasteiger charge is 2.20. The highest BCUT2D eigenvalue weighted by atomic mass is 16.3. The molecule has 3 unspecified atom stereocenters. The van der Waals surface area contributed by atoms with Gasteiger partial charge in [-0.25, -0.2) is 0 Å². The van der Waals surface area contributed by atoms with Gasteiger partial charge in [0.15, 0.2) is 0 Å². The number of aliphatic hydroxyl groups is 3. The fraction of sp³-hybridized carbons (Fsp3) is 0.844. The number of hydrogen-bond acceptors (Lipinski definition) is 4. The Morgan fingerprint density at radius 3 is 1.73 bits per heavy atom. The Morgan fingerprint density at radius 1 is 0.676 bits per heavy atom. The van der Waals surface area contributed by atoms with Gasteiger partial charge in [-0.05, 0) is 38.5 Å². The van der Waals surface area contributed by atoms with Crippen molar-refractivity contribution in [2.24, 2.45) is 0 Å². The Balaban J connectivity index is 3.84. The van der Waals surface area contributed by atoms with Crippen LogP contribution in [-0.2, 0) is 4.79 Å². The molecular weight excluding hydrogens is 462 g/mol. The van der Waals surface area contributed by atoms with E-state index in [2.05, 4.69) is 31.3 Å². The number of carbonyl (C=O) groups is 1. The second-order valence-electron chi connectivity index (χ2n) is 10.7. The number of aliphatic hydroxyl groups excluding tert-OH is 3. The zero-order valence-electron chi connectivity index (χ0n) is 24.3. The topological polar surface area (TPSA) is 89.8 Å². The van der Waals surface area contributed by atoms with Crippen LogP contribution in [0, 0.1) is 0 Å². The Bertz CT molecular complexity index is 549. The molecule has 0 spiro atoms. The lowest BCUT2D eigenvalue weighted by Gasteiger charge is -2.21. The summed E-state index contributed by atoms with van der Waals surface area (Å²) < 4.78 is 0. The molecule has 0 bridgehead atoms. The van der Waals surface area contributed by atoms with E-state index in [1.54, 1.807) is 6.08 Å². The summed E-state index contributed by atoms with van der Waals surface area (Å²) in [6.45, 7) is 4.12. The van der Waals surface area contributed by atoms with E-state index in [1.807, 2.05) is 6.08 Å². The van der Waals surface area contributed by atoms with Gasteiger partial charge in [0.1, 0.15) is 0 Å². The monoisotopic (exact) mass is 523 g/mol. The highest BCUT2D eigenvalue weighted by molar-refractivity contribution is 5.76. The van der Waals surface area contributed by atoms with Crippen LogP contribution in [0.5, 0.6) is 0 Å². The average molecular weight is 524 g/mol. The van der Waals surface area contributed by atoms with Crippen molar-refractivity contribution < 1.29 is 20.1 Å². The fourth-order valence-corrected chi connectivity index (χ4v) is 4.49. The predicted molar refractivity (Wildman–Crippen MR) is 158 cm³/mol. The molecular formula is C32H61NO4. The SMILES string of the molecule is CCCC/C=C\CCCCCC(O)CC(=O)NC(CO)C(O)/C=C/CCCCCCCCCCCCC. The van der Waals surface area contributed by atoms with Crippen molar-refractivity contribution in [3.05, 3.63) is 24.3 Å². The van der Waals surface area contributed by atoms with Gasteiger partial charge in [-0.15, -0.1) is 0 Å². The van der Waals surface area contributed by atoms with Crippen LogP contribution in [0.4, 0.5) is 0 Å². The fourth-order valence-electron chi connectivity index (χ4n) is 4.49. The molecule has 37 heavy (non-hydrogen) atoms. The zero-order valence-corrected chi connectivity index (χ0v) is 24.3. The Hall–Kier alpha value is -1.17. The summed E-state index contributed by atoms with van der Waals surface area (Å²) in [4.78, 5) is 12.2. The van der Waals surface area contributed by atoms with Crippen molar-refractivity contribution in [2.45, 2.75) is 167 Å². The van der Waals surface area contributed by atoms with Crippen molar-refractivity contribution in [1.29, 1.82) is 0 Å². The maximum absolute atomic E-state index is 12.2. The standard InChI is InChI=1S/C32H61NO4/c1-3-5-7-9-11-13-14-15-16-18-20-22-24-26-31(36)30(28-34)33-32(37)27-29(35)25-23-21-19-17-12-10-8-6-4-2/h10,12,24,26,29-31,34-36H,3-9,11,13-23,25,27-28H2,1-2H3,(H,33,37)/b12-10-,26-24+. The molecule has 0 aliphatic heterocycles. The highest BCUT2D eigenvalue weighted by Crippen LogP contribution is 2.13. The van der Waals surface area contributed by atoms with E-state index >= 15 is 0 Å². The molecule has 0 aliphatic carbocycles. The van der Waals surface area contributed by atoms with Gasteiger partial charge in [-0.1, -0.05) is 128 Å². The minimum absolute atomic E-state index is 0.00257. The Kier molecular flexibility index (Phi) is 27.0. The van der Waals surface area contributed by atoms with Crippen LogP contribution in [-0.4, -0.2) is 46.1 Å². The van der Waals surface area contributed by atoms with E-state index in [4.69, 9.17) is 0 Å². The van der Waals surface area contributed by atoms with E-state index < -0.39 is 18.2 Å². The second kappa shape index (κ2) is 27.9. The van der Waals surface area contributed by atoms with Gasteiger partial charge in [-0.3, -0.25) is 4.79 Å². The molecule has 3 atom stereocenters. The van der Waals surface area contributed by atoms with Crippen LogP contribution in [0.2, 0.25) is 0 Å². The molecule has 0 aromatic rings. The predicted octanol–water partition coefficient (Wildman–Crippen LogP) is 7.53. The molecule has 0 saturated carbocycles. The summed E-state index contributed by atoms with van der Waals surface area (Å²) >= 11 is 0. The van der Waals surface area contributed by atoms with Crippen LogP contribution in [0.1, 0.15) is 149 Å². The molecule has 5 nitrogen and oxygen atoms in total. The van der Waals surface area contributed by atoms with E-state index in [0.29, 0.717) is 6.42 Å². The average Bonchev–Trinajstić information content (AvgIpc) is 2.88. The van der Waals surface area contributed by atoms with E-state index in [0.717, 1.165) is 44.9 Å². The minimum atomic E-state index is -0.927. The van der Waals surface area contributed by atoms with E-state index in [-0.39, 0.29) is 18.9 Å². The van der Waals surface area contributed by atoms with Crippen molar-refractivity contribution in [1.82, 2.24) is 5.32 Å². The summed E-state index contributed by atoms with van der Waals surface area (Å²) in [5.74, 6) is -0.330. The lowest BCUT2D eigenvalue weighted by atomic mass is 10.0. The molecule has 0 heterocycles. The third-order valence-corrected chi connectivity index (χ3v) is 6.98. The molecule has 0 aromatic heterocycles. The molecule has 4 N–H and O–H groups in total. The lowest BCUT2D eigenvalue weighted by molar-refractivity contribution is -0.124. The van der Waals surface area contributed by atoms with E-state index in [1.165, 1.54) is 77.0 Å². The van der Waals surface area contributed by atoms with Crippen LogP contribution in [0.25, 0.3) is 0 Å². The number of nitrogens with one attached hydrogen (secondary N) is 1. The minimum Gasteiger partial charge on any atom is -0.394 e. The molecule has 0 rings (SSSR count). The van der Waals surface area contributed by atoms with Crippen molar-refractivity contribution in [2.75, 3.05) is 6.61 Å². The van der Waals surface area contributed by atoms with Crippen LogP contribution in [0.15, 0.2) is 24.3 Å². The maximum atomic E-state index is 12.2. The molecule has 0 fully saturated rings. The van der Waals surface area contributed by atoms with Gasteiger partial charge in [0, 0.05) is 0 Å². The van der Waals surface area contributed by atoms with Gasteiger partial charge in [-0.2, -0.15) is 0 Å². The Morgan fingerprint density at radius 2 is 1.16 bits per heavy atom. The maximum Gasteiger partial charge on any atom is 0.222 e. The van der Waals surface area contributed by atoms with Crippen LogP contribution >= 0.6 is 0 Å². The third kappa shape index (κ3) is 24.9. The van der Waals surface area contributed by atoms with Gasteiger partial charge >= 0.3 is 0 Å². The summed E-state index contributed by atoms with van der Waals surface area (Å²) in [5.41, 5.74) is 0. The molecule has 0 saturated heterocycles.